The molecule has 4 aliphatic carbocycles. The quantitative estimate of drug-likeness (QED) is 0.801. The Labute approximate surface area is 170 Å². The van der Waals surface area contributed by atoms with Gasteiger partial charge in [-0.05, 0) is 66.2 Å². The van der Waals surface area contributed by atoms with E-state index in [1.807, 2.05) is 24.3 Å². The number of benzene rings is 2. The van der Waals surface area contributed by atoms with E-state index in [4.69, 9.17) is 4.74 Å². The van der Waals surface area contributed by atoms with Crippen LogP contribution in [0.15, 0.2) is 48.5 Å². The first-order valence-electron chi connectivity index (χ1n) is 10.4. The lowest BCUT2D eigenvalue weighted by atomic mass is 9.60. The van der Waals surface area contributed by atoms with Crippen molar-refractivity contribution in [1.29, 1.82) is 0 Å². The van der Waals surface area contributed by atoms with E-state index < -0.39 is 17.6 Å². The molecular formula is C24H25NO4. The van der Waals surface area contributed by atoms with Gasteiger partial charge < -0.3 is 15.2 Å². The molecule has 0 aliphatic heterocycles. The molecule has 29 heavy (non-hydrogen) atoms. The van der Waals surface area contributed by atoms with Gasteiger partial charge >= 0.3 is 12.1 Å². The summed E-state index contributed by atoms with van der Waals surface area (Å²) in [6.07, 6.45) is 3.73. The summed E-state index contributed by atoms with van der Waals surface area (Å²) in [5.41, 5.74) is 3.45. The fourth-order valence-electron chi connectivity index (χ4n) is 5.77. The largest absolute Gasteiger partial charge is 0.479 e. The number of carboxylic acid groups (broad SMARTS) is 1. The molecule has 0 heterocycles. The maximum atomic E-state index is 12.7. The first-order chi connectivity index (χ1) is 14.1. The predicted octanol–water partition coefficient (Wildman–Crippen LogP) is 4.56. The van der Waals surface area contributed by atoms with Crippen LogP contribution in [0.5, 0.6) is 0 Å². The van der Waals surface area contributed by atoms with Gasteiger partial charge in [0.15, 0.2) is 0 Å². The molecule has 0 unspecified atom stereocenters. The molecule has 5 nitrogen and oxygen atoms in total. The number of carbonyl (C=O) groups excluding carboxylic acids is 1. The Bertz CT molecular complexity index is 917. The Hall–Kier alpha value is -2.82. The molecule has 4 aliphatic rings. The zero-order valence-corrected chi connectivity index (χ0v) is 16.3. The van der Waals surface area contributed by atoms with Crippen LogP contribution in [-0.4, -0.2) is 29.3 Å². The lowest BCUT2D eigenvalue weighted by Gasteiger charge is -2.48. The van der Waals surface area contributed by atoms with Crippen LogP contribution in [0.1, 0.15) is 49.1 Å². The minimum atomic E-state index is -1.18. The van der Waals surface area contributed by atoms with Gasteiger partial charge in [-0.3, -0.25) is 0 Å². The van der Waals surface area contributed by atoms with Crippen molar-refractivity contribution in [3.63, 3.8) is 0 Å². The third-order valence-electron chi connectivity index (χ3n) is 7.20. The van der Waals surface area contributed by atoms with Gasteiger partial charge in [0, 0.05) is 5.92 Å². The van der Waals surface area contributed by atoms with Crippen LogP contribution in [0.2, 0.25) is 0 Å². The minimum absolute atomic E-state index is 0.00881. The summed E-state index contributed by atoms with van der Waals surface area (Å²) in [5, 5.41) is 12.7. The minimum Gasteiger partial charge on any atom is -0.479 e. The number of hydrogen-bond donors (Lipinski definition) is 2. The van der Waals surface area contributed by atoms with Gasteiger partial charge in [0.1, 0.15) is 12.1 Å². The number of alkyl carbamates (subject to hydrolysis) is 1. The molecule has 6 rings (SSSR count). The average Bonchev–Trinajstić information content (AvgIpc) is 3.07. The molecule has 3 saturated carbocycles. The zero-order chi connectivity index (χ0) is 20.0. The molecule has 0 spiro atoms. The van der Waals surface area contributed by atoms with Crippen molar-refractivity contribution in [2.75, 3.05) is 6.61 Å². The van der Waals surface area contributed by atoms with Crippen molar-refractivity contribution in [3.8, 4) is 11.1 Å². The van der Waals surface area contributed by atoms with Gasteiger partial charge in [0.25, 0.3) is 0 Å². The Morgan fingerprint density at radius 3 is 2.07 bits per heavy atom. The molecule has 3 fully saturated rings. The molecule has 0 saturated heterocycles. The molecule has 2 aromatic rings. The molecule has 1 amide bonds. The lowest BCUT2D eigenvalue weighted by molar-refractivity contribution is -0.152. The summed E-state index contributed by atoms with van der Waals surface area (Å²) < 4.78 is 5.61. The number of nitrogens with one attached hydrogen (secondary N) is 1. The summed E-state index contributed by atoms with van der Waals surface area (Å²) >= 11 is 0. The number of carboxylic acids is 1. The summed E-state index contributed by atoms with van der Waals surface area (Å²) in [5.74, 6) is -0.590. The second-order valence-corrected chi connectivity index (χ2v) is 8.65. The second-order valence-electron chi connectivity index (χ2n) is 8.65. The van der Waals surface area contributed by atoms with Gasteiger partial charge in [0.05, 0.1) is 0 Å². The first kappa shape index (κ1) is 18.2. The van der Waals surface area contributed by atoms with E-state index in [-0.39, 0.29) is 18.4 Å². The number of rotatable bonds is 4. The highest BCUT2D eigenvalue weighted by atomic mass is 16.5. The number of hydrogen-bond acceptors (Lipinski definition) is 3. The Morgan fingerprint density at radius 2 is 1.55 bits per heavy atom. The molecule has 2 aromatic carbocycles. The summed E-state index contributed by atoms with van der Waals surface area (Å²) in [7, 11) is 0. The monoisotopic (exact) mass is 391 g/mol. The van der Waals surface area contributed by atoms with E-state index >= 15 is 0 Å². The van der Waals surface area contributed by atoms with E-state index in [1.54, 1.807) is 0 Å². The van der Waals surface area contributed by atoms with Gasteiger partial charge in [0.2, 0.25) is 0 Å². The first-order valence-corrected chi connectivity index (χ1v) is 10.4. The van der Waals surface area contributed by atoms with E-state index in [0.29, 0.717) is 12.3 Å². The molecule has 1 atom stereocenters. The van der Waals surface area contributed by atoms with Gasteiger partial charge in [-0.25, -0.2) is 9.59 Å². The van der Waals surface area contributed by atoms with E-state index in [9.17, 15) is 14.7 Å². The van der Waals surface area contributed by atoms with E-state index in [1.165, 1.54) is 11.1 Å². The standard InChI is InChI=1S/C24H25NO4/c26-22(27)24(13-15-9-11-16(24)12-10-15)25-23(28)29-14-21-19-7-3-1-5-17(19)18-6-2-4-8-20(18)21/h1-8,15-16,21H,9-14H2,(H,25,28)(H,26,27)/t15?,16?,24-/m0/s1. The van der Waals surface area contributed by atoms with Crippen molar-refractivity contribution in [1.82, 2.24) is 5.32 Å². The molecule has 0 radical (unpaired) electrons. The van der Waals surface area contributed by atoms with Gasteiger partial charge in [-0.2, -0.15) is 0 Å². The van der Waals surface area contributed by atoms with E-state index in [0.717, 1.165) is 36.8 Å². The molecule has 150 valence electrons. The van der Waals surface area contributed by atoms with Crippen LogP contribution in [0, 0.1) is 11.8 Å². The van der Waals surface area contributed by atoms with Gasteiger partial charge in [-0.15, -0.1) is 0 Å². The Balaban J connectivity index is 1.33. The highest BCUT2D eigenvalue weighted by Gasteiger charge is 2.54. The maximum Gasteiger partial charge on any atom is 0.408 e. The second kappa shape index (κ2) is 6.90. The molecule has 5 heteroatoms. The average molecular weight is 391 g/mol. The maximum absolute atomic E-state index is 12.7. The fourth-order valence-corrected chi connectivity index (χ4v) is 5.77. The lowest BCUT2D eigenvalue weighted by Crippen LogP contribution is -2.63. The summed E-state index contributed by atoms with van der Waals surface area (Å²) in [4.78, 5) is 24.8. The van der Waals surface area contributed by atoms with Crippen molar-refractivity contribution < 1.29 is 19.4 Å². The molecule has 0 aromatic heterocycles. The number of carbonyl (C=O) groups is 2. The normalized spacial score (nSPS) is 27.2. The van der Waals surface area contributed by atoms with Crippen LogP contribution in [0.4, 0.5) is 4.79 Å². The van der Waals surface area contributed by atoms with Crippen molar-refractivity contribution in [2.45, 2.75) is 43.6 Å². The highest BCUT2D eigenvalue weighted by molar-refractivity contribution is 5.85. The summed E-state index contributed by atoms with van der Waals surface area (Å²) in [6, 6.07) is 16.3. The smallest absolute Gasteiger partial charge is 0.408 e. The molecule has 2 bridgehead atoms. The number of ether oxygens (including phenoxy) is 1. The molecule has 2 N–H and O–H groups in total. The van der Waals surface area contributed by atoms with Crippen LogP contribution in [-0.2, 0) is 9.53 Å². The van der Waals surface area contributed by atoms with Crippen molar-refractivity contribution in [2.24, 2.45) is 11.8 Å². The fraction of sp³-hybridized carbons (Fsp3) is 0.417. The van der Waals surface area contributed by atoms with Crippen LogP contribution >= 0.6 is 0 Å². The van der Waals surface area contributed by atoms with Crippen LogP contribution < -0.4 is 5.32 Å². The van der Waals surface area contributed by atoms with E-state index in [2.05, 4.69) is 29.6 Å². The van der Waals surface area contributed by atoms with Crippen molar-refractivity contribution >= 4 is 12.1 Å². The summed E-state index contributed by atoms with van der Waals surface area (Å²) in [6.45, 7) is 0.198. The van der Waals surface area contributed by atoms with Crippen molar-refractivity contribution in [3.05, 3.63) is 59.7 Å². The highest BCUT2D eigenvalue weighted by Crippen LogP contribution is 2.48. The van der Waals surface area contributed by atoms with Crippen LogP contribution in [0.3, 0.4) is 0 Å². The third kappa shape index (κ3) is 2.91. The topological polar surface area (TPSA) is 75.6 Å². The zero-order valence-electron chi connectivity index (χ0n) is 16.3. The predicted molar refractivity (Wildman–Crippen MR) is 109 cm³/mol. The van der Waals surface area contributed by atoms with Crippen LogP contribution in [0.25, 0.3) is 11.1 Å². The molecular weight excluding hydrogens is 366 g/mol. The number of amides is 1. The third-order valence-corrected chi connectivity index (χ3v) is 7.20. The van der Waals surface area contributed by atoms with Gasteiger partial charge in [-0.1, -0.05) is 48.5 Å². The Morgan fingerprint density at radius 1 is 0.966 bits per heavy atom. The SMILES string of the molecule is O=C(N[C@@]1(C(=O)O)CC2CCC1CC2)OCC1c2ccccc2-c2ccccc21. The number of aliphatic carboxylic acids is 1. The Kier molecular flexibility index (Phi) is 4.34. The number of fused-ring (bicyclic) bond motifs is 6.